The van der Waals surface area contributed by atoms with Gasteiger partial charge in [0.25, 0.3) is 0 Å². The molecule has 3 aliphatic rings. The Balaban J connectivity index is 1.81. The molecule has 0 bridgehead atoms. The highest BCUT2D eigenvalue weighted by Crippen LogP contribution is 2.34. The van der Waals surface area contributed by atoms with Crippen LogP contribution in [0.15, 0.2) is 65.6 Å². The number of allylic oxidation sites excluding steroid dienone is 3. The van der Waals surface area contributed by atoms with E-state index in [1.54, 1.807) is 12.3 Å². The maximum absolute atomic E-state index is 11.1. The Kier molecular flexibility index (Phi) is 2.51. The minimum Gasteiger partial charge on any atom is -0.478 e. The Hall–Kier alpha value is -2.75. The molecule has 0 saturated heterocycles. The number of aromatic nitrogens is 1. The first-order chi connectivity index (χ1) is 10.2. The van der Waals surface area contributed by atoms with Gasteiger partial charge in [0, 0.05) is 23.8 Å². The molecule has 0 amide bonds. The van der Waals surface area contributed by atoms with Gasteiger partial charge < -0.3 is 15.0 Å². The van der Waals surface area contributed by atoms with Gasteiger partial charge in [0.2, 0.25) is 0 Å². The zero-order valence-electron chi connectivity index (χ0n) is 11.3. The van der Waals surface area contributed by atoms with E-state index < -0.39 is 5.97 Å². The molecule has 2 aliphatic heterocycles. The minimum atomic E-state index is -0.907. The highest BCUT2D eigenvalue weighted by Gasteiger charge is 2.27. The molecule has 4 heteroatoms. The fraction of sp³-hybridized carbons (Fsp3) is 0.118. The SMILES string of the molecule is O=C(O)C1=CNC2C(=C1)C=CC1=C2CC=Cc2cccn21. The van der Waals surface area contributed by atoms with Crippen LogP contribution < -0.4 is 5.32 Å². The average molecular weight is 278 g/mol. The summed E-state index contributed by atoms with van der Waals surface area (Å²) in [5.41, 5.74) is 4.88. The molecule has 1 aromatic rings. The second-order valence-corrected chi connectivity index (χ2v) is 5.30. The van der Waals surface area contributed by atoms with Crippen LogP contribution in [0.4, 0.5) is 0 Å². The van der Waals surface area contributed by atoms with E-state index in [-0.39, 0.29) is 6.04 Å². The van der Waals surface area contributed by atoms with E-state index in [0.717, 1.165) is 17.7 Å². The summed E-state index contributed by atoms with van der Waals surface area (Å²) in [6.45, 7) is 0. The predicted molar refractivity (Wildman–Crippen MR) is 81.2 cm³/mol. The maximum atomic E-state index is 11.1. The Bertz CT molecular complexity index is 787. The Morgan fingerprint density at radius 3 is 3.10 bits per heavy atom. The zero-order chi connectivity index (χ0) is 14.4. The van der Waals surface area contributed by atoms with Gasteiger partial charge in [0.15, 0.2) is 0 Å². The molecule has 0 aromatic carbocycles. The highest BCUT2D eigenvalue weighted by atomic mass is 16.4. The van der Waals surface area contributed by atoms with Crippen molar-refractivity contribution in [3.8, 4) is 0 Å². The van der Waals surface area contributed by atoms with Crippen LogP contribution >= 0.6 is 0 Å². The summed E-state index contributed by atoms with van der Waals surface area (Å²) in [6.07, 6.45) is 14.6. The van der Waals surface area contributed by atoms with Crippen molar-refractivity contribution in [2.75, 3.05) is 0 Å². The summed E-state index contributed by atoms with van der Waals surface area (Å²) in [4.78, 5) is 11.1. The number of fused-ring (bicyclic) bond motifs is 4. The summed E-state index contributed by atoms with van der Waals surface area (Å²) < 4.78 is 2.17. The monoisotopic (exact) mass is 278 g/mol. The van der Waals surface area contributed by atoms with Crippen molar-refractivity contribution in [1.82, 2.24) is 9.88 Å². The minimum absolute atomic E-state index is 0.0473. The summed E-state index contributed by atoms with van der Waals surface area (Å²) in [7, 11) is 0. The molecule has 0 fully saturated rings. The molecule has 0 radical (unpaired) electrons. The second kappa shape index (κ2) is 4.38. The molecule has 104 valence electrons. The standard InChI is InChI=1S/C17H14N2O2/c20-17(21)12-9-11-6-7-15-14(16(11)18-10-12)5-1-3-13-4-2-8-19(13)15/h1-4,6-10,16,18H,5H2,(H,20,21). The van der Waals surface area contributed by atoms with E-state index in [1.165, 1.54) is 11.3 Å². The fourth-order valence-corrected chi connectivity index (χ4v) is 3.09. The van der Waals surface area contributed by atoms with Crippen molar-refractivity contribution < 1.29 is 9.90 Å². The second-order valence-electron chi connectivity index (χ2n) is 5.30. The number of nitrogens with one attached hydrogen (secondary N) is 1. The number of carboxylic acid groups (broad SMARTS) is 1. The number of aliphatic carboxylic acids is 1. The third kappa shape index (κ3) is 1.80. The lowest BCUT2D eigenvalue weighted by molar-refractivity contribution is -0.132. The van der Waals surface area contributed by atoms with Gasteiger partial charge >= 0.3 is 5.97 Å². The van der Waals surface area contributed by atoms with Gasteiger partial charge in [-0.2, -0.15) is 0 Å². The molecule has 1 unspecified atom stereocenters. The smallest absolute Gasteiger partial charge is 0.337 e. The Morgan fingerprint density at radius 1 is 1.33 bits per heavy atom. The third-order valence-electron chi connectivity index (χ3n) is 4.09. The number of hydrogen-bond acceptors (Lipinski definition) is 2. The molecular formula is C17H14N2O2. The summed E-state index contributed by atoms with van der Waals surface area (Å²) in [6, 6.07) is 4.17. The molecule has 1 aromatic heterocycles. The molecule has 0 spiro atoms. The number of carbonyl (C=O) groups is 1. The number of dihydropyridines is 1. The number of hydrogen-bond donors (Lipinski definition) is 2. The van der Waals surface area contributed by atoms with Crippen LogP contribution in [0.5, 0.6) is 0 Å². The van der Waals surface area contributed by atoms with Crippen LogP contribution in [0.3, 0.4) is 0 Å². The van der Waals surface area contributed by atoms with E-state index in [1.807, 2.05) is 12.1 Å². The van der Waals surface area contributed by atoms with Crippen molar-refractivity contribution in [3.05, 3.63) is 71.2 Å². The van der Waals surface area contributed by atoms with Gasteiger partial charge in [-0.05, 0) is 47.9 Å². The maximum Gasteiger partial charge on any atom is 0.337 e. The fourth-order valence-electron chi connectivity index (χ4n) is 3.09. The molecule has 1 atom stereocenters. The van der Waals surface area contributed by atoms with Gasteiger partial charge in [0.1, 0.15) is 0 Å². The van der Waals surface area contributed by atoms with E-state index in [0.29, 0.717) is 5.57 Å². The van der Waals surface area contributed by atoms with Crippen molar-refractivity contribution >= 4 is 17.7 Å². The molecule has 4 rings (SSSR count). The van der Waals surface area contributed by atoms with Gasteiger partial charge in [-0.15, -0.1) is 0 Å². The van der Waals surface area contributed by atoms with Crippen LogP contribution in [-0.4, -0.2) is 21.7 Å². The van der Waals surface area contributed by atoms with Crippen molar-refractivity contribution in [2.24, 2.45) is 0 Å². The largest absolute Gasteiger partial charge is 0.478 e. The van der Waals surface area contributed by atoms with Crippen molar-refractivity contribution in [1.29, 1.82) is 0 Å². The van der Waals surface area contributed by atoms with Gasteiger partial charge in [-0.25, -0.2) is 4.79 Å². The number of rotatable bonds is 1. The molecule has 2 N–H and O–H groups in total. The Morgan fingerprint density at radius 2 is 2.24 bits per heavy atom. The lowest BCUT2D eigenvalue weighted by atomic mass is 9.87. The molecule has 0 saturated carbocycles. The molecule has 1 aliphatic carbocycles. The highest BCUT2D eigenvalue weighted by molar-refractivity contribution is 5.91. The first-order valence-corrected chi connectivity index (χ1v) is 6.90. The summed E-state index contributed by atoms with van der Waals surface area (Å²) in [5, 5.41) is 12.3. The third-order valence-corrected chi connectivity index (χ3v) is 4.09. The molecule has 21 heavy (non-hydrogen) atoms. The van der Waals surface area contributed by atoms with Crippen molar-refractivity contribution in [3.63, 3.8) is 0 Å². The van der Waals surface area contributed by atoms with E-state index in [4.69, 9.17) is 5.11 Å². The van der Waals surface area contributed by atoms with Crippen molar-refractivity contribution in [2.45, 2.75) is 12.5 Å². The van der Waals surface area contributed by atoms with Gasteiger partial charge in [-0.1, -0.05) is 12.2 Å². The average Bonchev–Trinajstić information content (AvgIpc) is 2.88. The van der Waals surface area contributed by atoms with E-state index in [9.17, 15) is 4.79 Å². The van der Waals surface area contributed by atoms with Crippen LogP contribution in [0.25, 0.3) is 11.8 Å². The lowest BCUT2D eigenvalue weighted by Gasteiger charge is -2.30. The first-order valence-electron chi connectivity index (χ1n) is 6.90. The zero-order valence-corrected chi connectivity index (χ0v) is 11.3. The number of carboxylic acids is 1. The predicted octanol–water partition coefficient (Wildman–Crippen LogP) is 2.55. The number of nitrogens with zero attached hydrogens (tertiary/aromatic N) is 1. The quantitative estimate of drug-likeness (QED) is 0.830. The molecular weight excluding hydrogens is 264 g/mol. The van der Waals surface area contributed by atoms with Gasteiger partial charge in [-0.3, -0.25) is 0 Å². The topological polar surface area (TPSA) is 54.3 Å². The van der Waals surface area contributed by atoms with E-state index >= 15 is 0 Å². The summed E-state index contributed by atoms with van der Waals surface area (Å²) in [5.74, 6) is -0.907. The van der Waals surface area contributed by atoms with Crippen LogP contribution in [0.2, 0.25) is 0 Å². The normalized spacial score (nSPS) is 22.4. The molecule has 3 heterocycles. The molecule has 4 nitrogen and oxygen atoms in total. The van der Waals surface area contributed by atoms with Crippen LogP contribution in [0, 0.1) is 0 Å². The van der Waals surface area contributed by atoms with Crippen LogP contribution in [0.1, 0.15) is 12.1 Å². The van der Waals surface area contributed by atoms with E-state index in [2.05, 4.69) is 40.4 Å². The Labute approximate surface area is 122 Å². The summed E-state index contributed by atoms with van der Waals surface area (Å²) >= 11 is 0. The first kappa shape index (κ1) is 12.0. The van der Waals surface area contributed by atoms with Crippen LogP contribution in [-0.2, 0) is 4.79 Å². The van der Waals surface area contributed by atoms with Gasteiger partial charge in [0.05, 0.1) is 11.6 Å². The lowest BCUT2D eigenvalue weighted by Crippen LogP contribution is -2.34.